The SMILES string of the molecule is CC(C)CCC(=O)O[C@H]1CC[C@@]2(C)[C@@H](CC[C@H]3[C@H]4CCC(=O)[C@@]4(C)CC[C@@H]32)C1. The topological polar surface area (TPSA) is 43.4 Å². The Morgan fingerprint density at radius 2 is 1.86 bits per heavy atom. The highest BCUT2D eigenvalue weighted by Crippen LogP contribution is 2.65. The summed E-state index contributed by atoms with van der Waals surface area (Å²) in [5, 5.41) is 0. The maximum Gasteiger partial charge on any atom is 0.306 e. The van der Waals surface area contributed by atoms with Crippen LogP contribution in [-0.2, 0) is 14.3 Å². The fourth-order valence-electron chi connectivity index (χ4n) is 7.75. The van der Waals surface area contributed by atoms with Gasteiger partial charge in [-0.15, -0.1) is 0 Å². The highest BCUT2D eigenvalue weighted by molar-refractivity contribution is 5.87. The molecular formula is C25H40O3. The predicted octanol–water partition coefficient (Wildman–Crippen LogP) is 5.95. The molecular weight excluding hydrogens is 348 g/mol. The van der Waals surface area contributed by atoms with Crippen LogP contribution in [0.4, 0.5) is 0 Å². The number of Topliss-reactive ketones (excluding diaryl/α,β-unsaturated/α-hetero) is 1. The molecule has 0 aromatic rings. The van der Waals surface area contributed by atoms with Crippen molar-refractivity contribution in [1.29, 1.82) is 0 Å². The molecule has 0 radical (unpaired) electrons. The first-order valence-electron chi connectivity index (χ1n) is 12.0. The second-order valence-electron chi connectivity index (χ2n) is 11.4. The van der Waals surface area contributed by atoms with Gasteiger partial charge in [0, 0.05) is 18.3 Å². The fourth-order valence-corrected chi connectivity index (χ4v) is 7.75. The highest BCUT2D eigenvalue weighted by atomic mass is 16.5. The maximum atomic E-state index is 12.6. The van der Waals surface area contributed by atoms with Gasteiger partial charge in [0.2, 0.25) is 0 Å². The summed E-state index contributed by atoms with van der Waals surface area (Å²) in [4.78, 5) is 24.8. The molecule has 28 heavy (non-hydrogen) atoms. The van der Waals surface area contributed by atoms with Crippen molar-refractivity contribution in [3.8, 4) is 0 Å². The zero-order chi connectivity index (χ0) is 20.1. The van der Waals surface area contributed by atoms with E-state index in [9.17, 15) is 9.59 Å². The Bertz CT molecular complexity index is 625. The first kappa shape index (κ1) is 20.4. The number of ketones is 1. The average molecular weight is 389 g/mol. The van der Waals surface area contributed by atoms with E-state index in [1.807, 2.05) is 0 Å². The monoisotopic (exact) mass is 388 g/mol. The van der Waals surface area contributed by atoms with E-state index in [0.717, 1.165) is 50.4 Å². The van der Waals surface area contributed by atoms with Gasteiger partial charge in [-0.1, -0.05) is 27.7 Å². The van der Waals surface area contributed by atoms with E-state index in [1.165, 1.54) is 25.7 Å². The fraction of sp³-hybridized carbons (Fsp3) is 0.920. The van der Waals surface area contributed by atoms with Crippen LogP contribution in [0.25, 0.3) is 0 Å². The number of carbonyl (C=O) groups excluding carboxylic acids is 2. The molecule has 4 aliphatic rings. The van der Waals surface area contributed by atoms with Gasteiger partial charge in [0.25, 0.3) is 0 Å². The Labute approximate surface area is 171 Å². The molecule has 3 nitrogen and oxygen atoms in total. The van der Waals surface area contributed by atoms with Crippen LogP contribution in [0.2, 0.25) is 0 Å². The zero-order valence-electron chi connectivity index (χ0n) is 18.5. The third kappa shape index (κ3) is 3.35. The van der Waals surface area contributed by atoms with E-state index in [2.05, 4.69) is 27.7 Å². The Morgan fingerprint density at radius 3 is 2.61 bits per heavy atom. The minimum Gasteiger partial charge on any atom is -0.462 e. The van der Waals surface area contributed by atoms with E-state index in [-0.39, 0.29) is 17.5 Å². The van der Waals surface area contributed by atoms with Crippen molar-refractivity contribution in [2.24, 2.45) is 40.4 Å². The summed E-state index contributed by atoms with van der Waals surface area (Å²) in [6.45, 7) is 9.12. The number of esters is 1. The molecule has 7 atom stereocenters. The van der Waals surface area contributed by atoms with Crippen LogP contribution in [0.3, 0.4) is 0 Å². The number of hydrogen-bond donors (Lipinski definition) is 0. The molecule has 0 aliphatic heterocycles. The van der Waals surface area contributed by atoms with Gasteiger partial charge in [0.15, 0.2) is 0 Å². The molecule has 0 aromatic carbocycles. The molecule has 4 rings (SSSR count). The Balaban J connectivity index is 1.41. The lowest BCUT2D eigenvalue weighted by molar-refractivity contribution is -0.162. The number of rotatable bonds is 4. The second-order valence-corrected chi connectivity index (χ2v) is 11.4. The molecule has 4 saturated carbocycles. The maximum absolute atomic E-state index is 12.6. The van der Waals surface area contributed by atoms with E-state index in [0.29, 0.717) is 35.4 Å². The third-order valence-corrected chi connectivity index (χ3v) is 9.55. The largest absolute Gasteiger partial charge is 0.462 e. The van der Waals surface area contributed by atoms with Crippen molar-refractivity contribution in [1.82, 2.24) is 0 Å². The normalized spacial score (nSPS) is 45.3. The molecule has 0 saturated heterocycles. The van der Waals surface area contributed by atoms with Crippen LogP contribution < -0.4 is 0 Å². The number of hydrogen-bond acceptors (Lipinski definition) is 3. The van der Waals surface area contributed by atoms with Crippen molar-refractivity contribution < 1.29 is 14.3 Å². The van der Waals surface area contributed by atoms with Crippen LogP contribution in [0, 0.1) is 40.4 Å². The second kappa shape index (κ2) is 7.43. The molecule has 0 aromatic heterocycles. The summed E-state index contributed by atoms with van der Waals surface area (Å²) in [6.07, 6.45) is 11.7. The van der Waals surface area contributed by atoms with Gasteiger partial charge in [-0.25, -0.2) is 0 Å². The molecule has 0 spiro atoms. The van der Waals surface area contributed by atoms with Gasteiger partial charge < -0.3 is 4.74 Å². The first-order chi connectivity index (χ1) is 13.2. The molecule has 0 amide bonds. The molecule has 4 fully saturated rings. The average Bonchev–Trinajstić information content (AvgIpc) is 2.95. The summed E-state index contributed by atoms with van der Waals surface area (Å²) in [5.41, 5.74) is 0.365. The van der Waals surface area contributed by atoms with Gasteiger partial charge >= 0.3 is 5.97 Å². The molecule has 158 valence electrons. The number of ether oxygens (including phenoxy) is 1. The Morgan fingerprint density at radius 1 is 1.07 bits per heavy atom. The predicted molar refractivity (Wildman–Crippen MR) is 111 cm³/mol. The molecule has 0 N–H and O–H groups in total. The lowest BCUT2D eigenvalue weighted by atomic mass is 9.45. The molecule has 0 heterocycles. The molecule has 0 unspecified atom stereocenters. The van der Waals surface area contributed by atoms with Gasteiger partial charge in [-0.05, 0) is 92.8 Å². The van der Waals surface area contributed by atoms with Crippen LogP contribution in [-0.4, -0.2) is 17.9 Å². The van der Waals surface area contributed by atoms with Crippen molar-refractivity contribution in [3.63, 3.8) is 0 Å². The third-order valence-electron chi connectivity index (χ3n) is 9.55. The smallest absolute Gasteiger partial charge is 0.306 e. The van der Waals surface area contributed by atoms with Crippen LogP contribution in [0.15, 0.2) is 0 Å². The zero-order valence-corrected chi connectivity index (χ0v) is 18.5. The Hall–Kier alpha value is -0.860. The van der Waals surface area contributed by atoms with Crippen molar-refractivity contribution in [2.45, 2.75) is 104 Å². The molecule has 0 bridgehead atoms. The summed E-state index contributed by atoms with van der Waals surface area (Å²) in [6, 6.07) is 0. The van der Waals surface area contributed by atoms with Crippen LogP contribution in [0.1, 0.15) is 98.3 Å². The number of fused-ring (bicyclic) bond motifs is 5. The summed E-state index contributed by atoms with van der Waals surface area (Å²) >= 11 is 0. The van der Waals surface area contributed by atoms with Gasteiger partial charge in [-0.2, -0.15) is 0 Å². The highest BCUT2D eigenvalue weighted by Gasteiger charge is 2.60. The first-order valence-corrected chi connectivity index (χ1v) is 12.0. The van der Waals surface area contributed by atoms with Crippen LogP contribution >= 0.6 is 0 Å². The summed E-state index contributed by atoms with van der Waals surface area (Å²) < 4.78 is 5.89. The van der Waals surface area contributed by atoms with Crippen molar-refractivity contribution in [3.05, 3.63) is 0 Å². The summed E-state index contributed by atoms with van der Waals surface area (Å²) in [7, 11) is 0. The lowest BCUT2D eigenvalue weighted by Crippen LogP contribution is -2.54. The van der Waals surface area contributed by atoms with Crippen LogP contribution in [0.5, 0.6) is 0 Å². The minimum atomic E-state index is -0.0203. The van der Waals surface area contributed by atoms with Gasteiger partial charge in [0.05, 0.1) is 0 Å². The Kier molecular flexibility index (Phi) is 5.42. The van der Waals surface area contributed by atoms with E-state index in [1.54, 1.807) is 0 Å². The summed E-state index contributed by atoms with van der Waals surface area (Å²) in [5.74, 6) is 3.94. The minimum absolute atomic E-state index is 0.00823. The molecule has 3 heteroatoms. The molecule has 4 aliphatic carbocycles. The van der Waals surface area contributed by atoms with E-state index in [4.69, 9.17) is 4.74 Å². The lowest BCUT2D eigenvalue weighted by Gasteiger charge is -2.60. The van der Waals surface area contributed by atoms with E-state index >= 15 is 0 Å². The standard InChI is InChI=1S/C25H40O3/c1-16(2)5-10-23(27)28-18-11-13-24(3)17(15-18)6-7-19-20-8-9-22(26)25(20,4)14-12-21(19)24/h16-21H,5-15H2,1-4H3/t17-,18-,19-,20+,21-,24-,25-/m0/s1. The van der Waals surface area contributed by atoms with Gasteiger partial charge in [-0.3, -0.25) is 9.59 Å². The van der Waals surface area contributed by atoms with E-state index < -0.39 is 0 Å². The van der Waals surface area contributed by atoms with Crippen molar-refractivity contribution >= 4 is 11.8 Å². The number of carbonyl (C=O) groups is 2. The van der Waals surface area contributed by atoms with Gasteiger partial charge in [0.1, 0.15) is 11.9 Å². The quantitative estimate of drug-likeness (QED) is 0.559. The van der Waals surface area contributed by atoms with Crippen molar-refractivity contribution in [2.75, 3.05) is 0 Å².